The van der Waals surface area contributed by atoms with Crippen LogP contribution in [0.25, 0.3) is 0 Å². The van der Waals surface area contributed by atoms with Gasteiger partial charge in [0.1, 0.15) is 0 Å². The van der Waals surface area contributed by atoms with Gasteiger partial charge in [0.15, 0.2) is 0 Å². The third kappa shape index (κ3) is 7.58. The Hall–Kier alpha value is -0.530. The van der Waals surface area contributed by atoms with Gasteiger partial charge in [-0.25, -0.2) is 0 Å². The highest BCUT2D eigenvalue weighted by Crippen LogP contribution is 2.17. The van der Waals surface area contributed by atoms with Crippen molar-refractivity contribution in [1.82, 2.24) is 5.32 Å². The summed E-state index contributed by atoms with van der Waals surface area (Å²) in [6.07, 6.45) is 2.84. The van der Waals surface area contributed by atoms with E-state index in [1.54, 1.807) is 0 Å². The first-order valence-electron chi connectivity index (χ1n) is 4.72. The molecule has 0 radical (unpaired) electrons. The summed E-state index contributed by atoms with van der Waals surface area (Å²) < 4.78 is 0. The molecule has 0 fully saturated rings. The first-order valence-corrected chi connectivity index (χ1v) is 4.72. The second-order valence-electron chi connectivity index (χ2n) is 4.44. The molecule has 0 atom stereocenters. The maximum absolute atomic E-state index is 11.2. The molecule has 1 amide bonds. The Kier molecular flexibility index (Phi) is 4.95. The second kappa shape index (κ2) is 5.18. The van der Waals surface area contributed by atoms with Gasteiger partial charge >= 0.3 is 0 Å². The molecule has 0 spiro atoms. The summed E-state index contributed by atoms with van der Waals surface area (Å²) >= 11 is 0. The number of rotatable bonds is 4. The number of hydrogen-bond donors (Lipinski definition) is 1. The molecule has 0 aromatic heterocycles. The van der Waals surface area contributed by atoms with Gasteiger partial charge in [-0.2, -0.15) is 0 Å². The molecular formula is C10H21NO. The van der Waals surface area contributed by atoms with E-state index in [-0.39, 0.29) is 11.3 Å². The molecule has 0 aromatic carbocycles. The van der Waals surface area contributed by atoms with Gasteiger partial charge in [0.2, 0.25) is 5.91 Å². The Morgan fingerprint density at radius 3 is 2.33 bits per heavy atom. The molecule has 0 saturated heterocycles. The summed E-state index contributed by atoms with van der Waals surface area (Å²) in [6, 6.07) is 0. The average Bonchev–Trinajstić information content (AvgIpc) is 1.84. The van der Waals surface area contributed by atoms with Crippen LogP contribution in [0.1, 0.15) is 47.0 Å². The third-order valence-corrected chi connectivity index (χ3v) is 1.54. The lowest BCUT2D eigenvalue weighted by molar-refractivity contribution is -0.122. The van der Waals surface area contributed by atoms with Crippen LogP contribution >= 0.6 is 0 Å². The molecule has 0 saturated carbocycles. The van der Waals surface area contributed by atoms with Gasteiger partial charge < -0.3 is 5.32 Å². The summed E-state index contributed by atoms with van der Waals surface area (Å²) in [7, 11) is 0. The van der Waals surface area contributed by atoms with Crippen molar-refractivity contribution in [2.24, 2.45) is 5.41 Å². The summed E-state index contributed by atoms with van der Waals surface area (Å²) in [5, 5.41) is 2.90. The fraction of sp³-hybridized carbons (Fsp3) is 0.900. The Balaban J connectivity index is 3.47. The lowest BCUT2D eigenvalue weighted by Crippen LogP contribution is -2.28. The van der Waals surface area contributed by atoms with E-state index in [2.05, 4.69) is 33.0 Å². The molecule has 0 aliphatic carbocycles. The van der Waals surface area contributed by atoms with Crippen LogP contribution in [0.2, 0.25) is 0 Å². The molecule has 1 N–H and O–H groups in total. The third-order valence-electron chi connectivity index (χ3n) is 1.54. The molecule has 72 valence electrons. The van der Waals surface area contributed by atoms with E-state index >= 15 is 0 Å². The normalized spacial score (nSPS) is 11.3. The van der Waals surface area contributed by atoms with Crippen molar-refractivity contribution >= 4 is 5.91 Å². The fourth-order valence-electron chi connectivity index (χ4n) is 0.949. The maximum atomic E-state index is 11.2. The number of nitrogens with one attached hydrogen (secondary N) is 1. The SMILES string of the molecule is CCCCNC(=O)CC(C)(C)C. The zero-order valence-corrected chi connectivity index (χ0v) is 8.74. The molecule has 0 heterocycles. The zero-order chi connectivity index (χ0) is 9.61. The molecule has 0 rings (SSSR count). The smallest absolute Gasteiger partial charge is 0.220 e. The van der Waals surface area contributed by atoms with Crippen LogP contribution in [0.3, 0.4) is 0 Å². The molecule has 0 unspecified atom stereocenters. The minimum atomic E-state index is 0.107. The highest BCUT2D eigenvalue weighted by Gasteiger charge is 2.14. The van der Waals surface area contributed by atoms with E-state index in [9.17, 15) is 4.79 Å². The van der Waals surface area contributed by atoms with Gasteiger partial charge in [0.25, 0.3) is 0 Å². The van der Waals surface area contributed by atoms with Crippen LogP contribution in [-0.4, -0.2) is 12.5 Å². The summed E-state index contributed by atoms with van der Waals surface area (Å²) in [4.78, 5) is 11.2. The molecule has 2 nitrogen and oxygen atoms in total. The average molecular weight is 171 g/mol. The first kappa shape index (κ1) is 11.5. The highest BCUT2D eigenvalue weighted by atomic mass is 16.1. The molecule has 2 heteroatoms. The van der Waals surface area contributed by atoms with Crippen LogP contribution in [0, 0.1) is 5.41 Å². The monoisotopic (exact) mass is 171 g/mol. The van der Waals surface area contributed by atoms with Crippen molar-refractivity contribution in [3.05, 3.63) is 0 Å². The van der Waals surface area contributed by atoms with Gasteiger partial charge in [-0.3, -0.25) is 4.79 Å². The number of hydrogen-bond acceptors (Lipinski definition) is 1. The van der Waals surface area contributed by atoms with Crippen LogP contribution < -0.4 is 5.32 Å². The predicted molar refractivity (Wildman–Crippen MR) is 52.0 cm³/mol. The van der Waals surface area contributed by atoms with E-state index in [4.69, 9.17) is 0 Å². The summed E-state index contributed by atoms with van der Waals surface area (Å²) in [5.41, 5.74) is 0.107. The Labute approximate surface area is 75.7 Å². The van der Waals surface area contributed by atoms with Gasteiger partial charge in [-0.05, 0) is 11.8 Å². The largest absolute Gasteiger partial charge is 0.356 e. The van der Waals surface area contributed by atoms with Crippen molar-refractivity contribution in [1.29, 1.82) is 0 Å². The van der Waals surface area contributed by atoms with Gasteiger partial charge in [0, 0.05) is 13.0 Å². The quantitative estimate of drug-likeness (QED) is 0.646. The molecular weight excluding hydrogens is 150 g/mol. The summed E-state index contributed by atoms with van der Waals surface area (Å²) in [6.45, 7) is 9.17. The van der Waals surface area contributed by atoms with Crippen molar-refractivity contribution in [3.8, 4) is 0 Å². The number of carbonyl (C=O) groups excluding carboxylic acids is 1. The Morgan fingerprint density at radius 1 is 1.33 bits per heavy atom. The van der Waals surface area contributed by atoms with E-state index in [1.165, 1.54) is 0 Å². The molecule has 0 aliphatic heterocycles. The number of carbonyl (C=O) groups is 1. The molecule has 0 aliphatic rings. The fourth-order valence-corrected chi connectivity index (χ4v) is 0.949. The molecule has 0 aromatic rings. The van der Waals surface area contributed by atoms with E-state index < -0.39 is 0 Å². The second-order valence-corrected chi connectivity index (χ2v) is 4.44. The lowest BCUT2D eigenvalue weighted by atomic mass is 9.92. The maximum Gasteiger partial charge on any atom is 0.220 e. The highest BCUT2D eigenvalue weighted by molar-refractivity contribution is 5.76. The summed E-state index contributed by atoms with van der Waals surface area (Å²) in [5.74, 6) is 0.177. The van der Waals surface area contributed by atoms with Crippen LogP contribution in [0.5, 0.6) is 0 Å². The zero-order valence-electron chi connectivity index (χ0n) is 8.74. The minimum absolute atomic E-state index is 0.107. The number of amides is 1. The van der Waals surface area contributed by atoms with Crippen LogP contribution in [0.15, 0.2) is 0 Å². The Bertz CT molecular complexity index is 135. The topological polar surface area (TPSA) is 29.1 Å². The Morgan fingerprint density at radius 2 is 1.92 bits per heavy atom. The van der Waals surface area contributed by atoms with Crippen LogP contribution in [-0.2, 0) is 4.79 Å². The van der Waals surface area contributed by atoms with Crippen molar-refractivity contribution in [2.45, 2.75) is 47.0 Å². The molecule has 12 heavy (non-hydrogen) atoms. The predicted octanol–water partition coefficient (Wildman–Crippen LogP) is 2.34. The van der Waals surface area contributed by atoms with Crippen molar-refractivity contribution in [2.75, 3.05) is 6.54 Å². The minimum Gasteiger partial charge on any atom is -0.356 e. The standard InChI is InChI=1S/C10H21NO/c1-5-6-7-11-9(12)8-10(2,3)4/h5-8H2,1-4H3,(H,11,12). The van der Waals surface area contributed by atoms with E-state index in [0.29, 0.717) is 6.42 Å². The van der Waals surface area contributed by atoms with Crippen molar-refractivity contribution in [3.63, 3.8) is 0 Å². The molecule has 0 bridgehead atoms. The van der Waals surface area contributed by atoms with E-state index in [1.807, 2.05) is 0 Å². The van der Waals surface area contributed by atoms with E-state index in [0.717, 1.165) is 19.4 Å². The lowest BCUT2D eigenvalue weighted by Gasteiger charge is -2.17. The number of unbranched alkanes of at least 4 members (excludes halogenated alkanes) is 1. The van der Waals surface area contributed by atoms with Gasteiger partial charge in [-0.15, -0.1) is 0 Å². The van der Waals surface area contributed by atoms with Gasteiger partial charge in [-0.1, -0.05) is 34.1 Å². The van der Waals surface area contributed by atoms with Gasteiger partial charge in [0.05, 0.1) is 0 Å². The first-order chi connectivity index (χ1) is 5.45. The van der Waals surface area contributed by atoms with Crippen molar-refractivity contribution < 1.29 is 4.79 Å². The van der Waals surface area contributed by atoms with Crippen LogP contribution in [0.4, 0.5) is 0 Å².